The van der Waals surface area contributed by atoms with Crippen molar-refractivity contribution < 1.29 is 26.7 Å². The Bertz CT molecular complexity index is 1570. The quantitative estimate of drug-likeness (QED) is 0.293. The number of amides is 1. The molecule has 5 rings (SSSR count). The summed E-state index contributed by atoms with van der Waals surface area (Å²) in [5, 5.41) is 13.6. The first-order chi connectivity index (χ1) is 21.0. The molecule has 1 saturated heterocycles. The minimum Gasteiger partial charge on any atom is -0.381 e. The fraction of sp³-hybridized carbons (Fsp3) is 0.467. The molecule has 0 unspecified atom stereocenters. The molecule has 0 atom stereocenters. The lowest BCUT2D eigenvalue weighted by molar-refractivity contribution is 0.0904. The third-order valence-corrected chi connectivity index (χ3v) is 9.82. The van der Waals surface area contributed by atoms with Crippen LogP contribution in [0.1, 0.15) is 41.4 Å². The summed E-state index contributed by atoms with van der Waals surface area (Å²) in [4.78, 5) is 17.6. The Hall–Kier alpha value is -3.59. The van der Waals surface area contributed by atoms with Crippen molar-refractivity contribution >= 4 is 33.1 Å². The van der Waals surface area contributed by atoms with Crippen molar-refractivity contribution in [1.82, 2.24) is 19.4 Å². The van der Waals surface area contributed by atoms with Gasteiger partial charge >= 0.3 is 0 Å². The summed E-state index contributed by atoms with van der Waals surface area (Å²) in [6.07, 6.45) is 1.92. The SMILES string of the molecule is CCN(CCN(C)C)c1ccc(C(=O)Nc2n[nH]c3c2CN(S(=O)(=O)c2cc(F)cc(F)c2)CC3)c(NC2CCOCC2)c1. The number of aromatic amines is 1. The summed E-state index contributed by atoms with van der Waals surface area (Å²) in [5.74, 6) is -2.15. The number of halogens is 2. The molecule has 2 aliphatic heterocycles. The second-order valence-corrected chi connectivity index (χ2v) is 13.3. The summed E-state index contributed by atoms with van der Waals surface area (Å²) in [6, 6.07) is 8.07. The molecule has 1 fully saturated rings. The second kappa shape index (κ2) is 13.6. The first-order valence-corrected chi connectivity index (χ1v) is 16.2. The minimum absolute atomic E-state index is 0.0887. The largest absolute Gasteiger partial charge is 0.381 e. The first-order valence-electron chi connectivity index (χ1n) is 14.8. The van der Waals surface area contributed by atoms with E-state index in [0.29, 0.717) is 48.2 Å². The number of likely N-dealkylation sites (N-methyl/N-ethyl adjacent to an activating group) is 2. The number of sulfonamides is 1. The highest BCUT2D eigenvalue weighted by Gasteiger charge is 2.32. The molecule has 0 radical (unpaired) electrons. The van der Waals surface area contributed by atoms with Gasteiger partial charge in [-0.15, -0.1) is 0 Å². The molecule has 11 nitrogen and oxygen atoms in total. The molecule has 238 valence electrons. The summed E-state index contributed by atoms with van der Waals surface area (Å²) in [5.41, 5.74) is 3.30. The monoisotopic (exact) mass is 631 g/mol. The van der Waals surface area contributed by atoms with E-state index in [2.05, 4.69) is 37.6 Å². The number of aromatic nitrogens is 2. The molecule has 2 aromatic carbocycles. The van der Waals surface area contributed by atoms with E-state index < -0.39 is 32.5 Å². The average molecular weight is 632 g/mol. The molecule has 0 bridgehead atoms. The lowest BCUT2D eigenvalue weighted by Crippen LogP contribution is -2.36. The minimum atomic E-state index is -4.20. The van der Waals surface area contributed by atoms with Crippen molar-refractivity contribution in [3.8, 4) is 0 Å². The number of nitrogens with one attached hydrogen (secondary N) is 3. The summed E-state index contributed by atoms with van der Waals surface area (Å²) in [7, 11) is -0.141. The number of ether oxygens (including phenoxy) is 1. The maximum Gasteiger partial charge on any atom is 0.258 e. The number of rotatable bonds is 11. The molecule has 14 heteroatoms. The van der Waals surface area contributed by atoms with Gasteiger partial charge in [-0.2, -0.15) is 9.40 Å². The Morgan fingerprint density at radius 1 is 1.11 bits per heavy atom. The van der Waals surface area contributed by atoms with Crippen LogP contribution in [0.3, 0.4) is 0 Å². The van der Waals surface area contributed by atoms with E-state index in [4.69, 9.17) is 4.74 Å². The summed E-state index contributed by atoms with van der Waals surface area (Å²) in [6.45, 7) is 5.86. The molecular formula is C30H39F2N7O4S. The van der Waals surface area contributed by atoms with Gasteiger partial charge in [0.25, 0.3) is 5.91 Å². The van der Waals surface area contributed by atoms with E-state index in [0.717, 1.165) is 54.6 Å². The Kier molecular flexibility index (Phi) is 9.83. The Balaban J connectivity index is 1.39. The number of H-pyrrole nitrogens is 1. The van der Waals surface area contributed by atoms with E-state index >= 15 is 0 Å². The number of hydrogen-bond donors (Lipinski definition) is 3. The van der Waals surface area contributed by atoms with Crippen molar-refractivity contribution in [2.24, 2.45) is 0 Å². The number of carbonyl (C=O) groups is 1. The Labute approximate surface area is 256 Å². The van der Waals surface area contributed by atoms with Crippen molar-refractivity contribution in [3.05, 3.63) is 64.9 Å². The maximum atomic E-state index is 13.8. The standard InChI is InChI=1S/C30H39F2N7O4S/c1-4-38(12-11-37(2)3)23-5-6-25(28(18-23)33-22-8-13-43-14-9-22)30(40)34-29-26-19-39(10-7-27(26)35-36-29)44(41,42)24-16-20(31)15-21(32)17-24/h5-6,15-18,22,33H,4,7-14,19H2,1-3H3,(H2,34,35,36,40). The maximum absolute atomic E-state index is 13.8. The number of hydrogen-bond acceptors (Lipinski definition) is 8. The normalized spacial score (nSPS) is 16.1. The fourth-order valence-corrected chi connectivity index (χ4v) is 6.93. The molecule has 1 aromatic heterocycles. The van der Waals surface area contributed by atoms with Crippen LogP contribution >= 0.6 is 0 Å². The van der Waals surface area contributed by atoms with Crippen LogP contribution in [-0.4, -0.2) is 93.3 Å². The molecular weight excluding hydrogens is 592 g/mol. The van der Waals surface area contributed by atoms with Gasteiger partial charge in [-0.25, -0.2) is 17.2 Å². The van der Waals surface area contributed by atoms with Crippen molar-refractivity contribution in [1.29, 1.82) is 0 Å². The molecule has 3 aromatic rings. The fourth-order valence-electron chi connectivity index (χ4n) is 5.48. The molecule has 2 aliphatic rings. The third-order valence-electron chi connectivity index (χ3n) is 8.00. The van der Waals surface area contributed by atoms with Gasteiger partial charge in [0.1, 0.15) is 11.6 Å². The highest BCUT2D eigenvalue weighted by Crippen LogP contribution is 2.31. The zero-order valence-electron chi connectivity index (χ0n) is 25.2. The van der Waals surface area contributed by atoms with E-state index in [1.807, 2.05) is 26.2 Å². The Morgan fingerprint density at radius 3 is 2.52 bits per heavy atom. The van der Waals surface area contributed by atoms with Gasteiger partial charge < -0.3 is 25.2 Å². The molecule has 3 heterocycles. The highest BCUT2D eigenvalue weighted by molar-refractivity contribution is 7.89. The van der Waals surface area contributed by atoms with Gasteiger partial charge in [0.15, 0.2) is 5.82 Å². The average Bonchev–Trinajstić information content (AvgIpc) is 3.39. The van der Waals surface area contributed by atoms with Gasteiger partial charge in [0.2, 0.25) is 10.0 Å². The predicted octanol–water partition coefficient (Wildman–Crippen LogP) is 3.67. The molecule has 44 heavy (non-hydrogen) atoms. The van der Waals surface area contributed by atoms with Gasteiger partial charge in [0, 0.05) is 87.1 Å². The van der Waals surface area contributed by atoms with E-state index in [-0.39, 0.29) is 24.9 Å². The van der Waals surface area contributed by atoms with E-state index in [1.54, 1.807) is 6.07 Å². The van der Waals surface area contributed by atoms with Crippen LogP contribution in [0.2, 0.25) is 0 Å². The predicted molar refractivity (Wildman–Crippen MR) is 165 cm³/mol. The lowest BCUT2D eigenvalue weighted by Gasteiger charge is -2.28. The molecule has 0 spiro atoms. The Morgan fingerprint density at radius 2 is 1.84 bits per heavy atom. The van der Waals surface area contributed by atoms with E-state index in [9.17, 15) is 22.0 Å². The number of nitrogens with zero attached hydrogens (tertiary/aromatic N) is 4. The number of benzene rings is 2. The number of anilines is 3. The van der Waals surface area contributed by atoms with Crippen molar-refractivity contribution in [3.63, 3.8) is 0 Å². The van der Waals surface area contributed by atoms with Crippen LogP contribution in [0.5, 0.6) is 0 Å². The van der Waals surface area contributed by atoms with Gasteiger partial charge in [-0.1, -0.05) is 0 Å². The summed E-state index contributed by atoms with van der Waals surface area (Å²) >= 11 is 0. The number of carbonyl (C=O) groups excluding carboxylic acids is 1. The zero-order valence-corrected chi connectivity index (χ0v) is 26.0. The molecule has 0 saturated carbocycles. The van der Waals surface area contributed by atoms with E-state index in [1.165, 1.54) is 0 Å². The van der Waals surface area contributed by atoms with Crippen LogP contribution in [0, 0.1) is 11.6 Å². The van der Waals surface area contributed by atoms with Crippen molar-refractivity contribution in [2.45, 2.75) is 43.7 Å². The first kappa shape index (κ1) is 31.8. The van der Waals surface area contributed by atoms with Gasteiger partial charge in [-0.3, -0.25) is 9.89 Å². The van der Waals surface area contributed by atoms with Gasteiger partial charge in [-0.05, 0) is 64.2 Å². The lowest BCUT2D eigenvalue weighted by atomic mass is 10.1. The third kappa shape index (κ3) is 7.20. The molecule has 3 N–H and O–H groups in total. The van der Waals surface area contributed by atoms with Crippen LogP contribution in [0.4, 0.5) is 26.0 Å². The van der Waals surface area contributed by atoms with Crippen LogP contribution in [0.15, 0.2) is 41.3 Å². The summed E-state index contributed by atoms with van der Waals surface area (Å²) < 4.78 is 60.8. The van der Waals surface area contributed by atoms with Gasteiger partial charge in [0.05, 0.1) is 10.5 Å². The van der Waals surface area contributed by atoms with Crippen LogP contribution in [0.25, 0.3) is 0 Å². The number of fused-ring (bicyclic) bond motifs is 1. The smallest absolute Gasteiger partial charge is 0.258 e. The second-order valence-electron chi connectivity index (χ2n) is 11.3. The van der Waals surface area contributed by atoms with Crippen LogP contribution < -0.4 is 15.5 Å². The van der Waals surface area contributed by atoms with Crippen molar-refractivity contribution in [2.75, 3.05) is 69.0 Å². The molecule has 0 aliphatic carbocycles. The zero-order chi connectivity index (χ0) is 31.4. The topological polar surface area (TPSA) is 123 Å². The molecule has 1 amide bonds. The van der Waals surface area contributed by atoms with Crippen LogP contribution in [-0.2, 0) is 27.7 Å². The highest BCUT2D eigenvalue weighted by atomic mass is 32.2.